The highest BCUT2D eigenvalue weighted by atomic mass is 16.5. The number of hydrogen-bond acceptors (Lipinski definition) is 4. The van der Waals surface area contributed by atoms with Crippen LogP contribution in [0.1, 0.15) is 33.1 Å². The average molecular weight is 229 g/mol. The first-order chi connectivity index (χ1) is 7.63. The van der Waals surface area contributed by atoms with Crippen LogP contribution in [0.5, 0.6) is 0 Å². The third-order valence-electron chi connectivity index (χ3n) is 2.81. The van der Waals surface area contributed by atoms with Gasteiger partial charge >= 0.3 is 5.97 Å². The van der Waals surface area contributed by atoms with E-state index in [1.54, 1.807) is 0 Å². The maximum atomic E-state index is 11.5. The Balaban J connectivity index is 2.33. The van der Waals surface area contributed by atoms with E-state index in [0.717, 1.165) is 32.4 Å². The fourth-order valence-electron chi connectivity index (χ4n) is 1.96. The van der Waals surface area contributed by atoms with Crippen molar-refractivity contribution in [2.75, 3.05) is 20.3 Å². The summed E-state index contributed by atoms with van der Waals surface area (Å²) >= 11 is 0. The predicted molar refractivity (Wildman–Crippen MR) is 62.2 cm³/mol. The predicted octanol–water partition coefficient (Wildman–Crippen LogP) is 1.34. The van der Waals surface area contributed by atoms with Crippen LogP contribution in [0.2, 0.25) is 0 Å². The van der Waals surface area contributed by atoms with E-state index < -0.39 is 0 Å². The molecule has 0 aromatic carbocycles. The van der Waals surface area contributed by atoms with E-state index in [1.165, 1.54) is 7.11 Å². The largest absolute Gasteiger partial charge is 0.468 e. The number of carbonyl (C=O) groups excluding carboxylic acids is 1. The number of nitrogens with one attached hydrogen (secondary N) is 1. The summed E-state index contributed by atoms with van der Waals surface area (Å²) in [6.07, 6.45) is 3.28. The molecule has 16 heavy (non-hydrogen) atoms. The van der Waals surface area contributed by atoms with Gasteiger partial charge < -0.3 is 14.8 Å². The highest BCUT2D eigenvalue weighted by Crippen LogP contribution is 2.12. The van der Waals surface area contributed by atoms with Crippen molar-refractivity contribution in [3.8, 4) is 0 Å². The Labute approximate surface area is 97.7 Å². The lowest BCUT2D eigenvalue weighted by Gasteiger charge is -2.20. The summed E-state index contributed by atoms with van der Waals surface area (Å²) in [5, 5.41) is 3.24. The van der Waals surface area contributed by atoms with Crippen molar-refractivity contribution in [1.29, 1.82) is 0 Å². The third kappa shape index (κ3) is 4.49. The van der Waals surface area contributed by atoms with E-state index in [1.807, 2.05) is 0 Å². The highest BCUT2D eigenvalue weighted by Gasteiger charge is 2.22. The van der Waals surface area contributed by atoms with E-state index >= 15 is 0 Å². The molecule has 0 radical (unpaired) electrons. The van der Waals surface area contributed by atoms with Crippen LogP contribution in [-0.2, 0) is 14.3 Å². The van der Waals surface area contributed by atoms with Crippen molar-refractivity contribution in [3.05, 3.63) is 0 Å². The normalized spacial score (nSPS) is 22.4. The SMILES string of the molecule is COC(=O)C(CC(C)C)NCC1CCCO1. The number of hydrogen-bond donors (Lipinski definition) is 1. The number of rotatable bonds is 6. The molecule has 1 N–H and O–H groups in total. The lowest BCUT2D eigenvalue weighted by molar-refractivity contribution is -0.143. The van der Waals surface area contributed by atoms with Crippen molar-refractivity contribution in [2.45, 2.75) is 45.3 Å². The van der Waals surface area contributed by atoms with Crippen molar-refractivity contribution in [2.24, 2.45) is 5.92 Å². The summed E-state index contributed by atoms with van der Waals surface area (Å²) in [5.74, 6) is 0.299. The molecular weight excluding hydrogens is 206 g/mol. The summed E-state index contributed by atoms with van der Waals surface area (Å²) in [7, 11) is 1.43. The van der Waals surface area contributed by atoms with Gasteiger partial charge in [0.2, 0.25) is 0 Å². The standard InChI is InChI=1S/C12H23NO3/c1-9(2)7-11(12(14)15-3)13-8-10-5-4-6-16-10/h9-11,13H,4-8H2,1-3H3. The Kier molecular flexibility index (Phi) is 5.77. The molecule has 1 saturated heterocycles. The molecule has 1 rings (SSSR count). The van der Waals surface area contributed by atoms with Gasteiger partial charge in [-0.1, -0.05) is 13.8 Å². The third-order valence-corrected chi connectivity index (χ3v) is 2.81. The van der Waals surface area contributed by atoms with Gasteiger partial charge in [0.05, 0.1) is 13.2 Å². The van der Waals surface area contributed by atoms with Crippen LogP contribution in [0.4, 0.5) is 0 Å². The zero-order chi connectivity index (χ0) is 12.0. The minimum Gasteiger partial charge on any atom is -0.468 e. The molecule has 0 saturated carbocycles. The first kappa shape index (κ1) is 13.5. The maximum Gasteiger partial charge on any atom is 0.322 e. The molecule has 4 heteroatoms. The first-order valence-corrected chi connectivity index (χ1v) is 6.06. The number of ether oxygens (including phenoxy) is 2. The van der Waals surface area contributed by atoms with Crippen LogP contribution < -0.4 is 5.32 Å². The van der Waals surface area contributed by atoms with Gasteiger partial charge in [-0.2, -0.15) is 0 Å². The summed E-state index contributed by atoms with van der Waals surface area (Å²) in [6.45, 7) is 5.79. The molecule has 2 unspecified atom stereocenters. The van der Waals surface area contributed by atoms with Crippen LogP contribution in [-0.4, -0.2) is 38.4 Å². The van der Waals surface area contributed by atoms with Gasteiger partial charge in [-0.15, -0.1) is 0 Å². The average Bonchev–Trinajstić information content (AvgIpc) is 2.75. The van der Waals surface area contributed by atoms with E-state index in [4.69, 9.17) is 9.47 Å². The molecule has 0 aliphatic carbocycles. The topological polar surface area (TPSA) is 47.6 Å². The van der Waals surface area contributed by atoms with Gasteiger partial charge in [-0.25, -0.2) is 0 Å². The molecule has 94 valence electrons. The summed E-state index contributed by atoms with van der Waals surface area (Å²) in [4.78, 5) is 11.5. The van der Waals surface area contributed by atoms with E-state index in [9.17, 15) is 4.79 Å². The Morgan fingerprint density at radius 1 is 1.56 bits per heavy atom. The Hall–Kier alpha value is -0.610. The van der Waals surface area contributed by atoms with E-state index in [0.29, 0.717) is 5.92 Å². The van der Waals surface area contributed by atoms with Crippen LogP contribution in [0.15, 0.2) is 0 Å². The Morgan fingerprint density at radius 2 is 2.31 bits per heavy atom. The van der Waals surface area contributed by atoms with Gasteiger partial charge in [-0.05, 0) is 25.2 Å². The number of methoxy groups -OCH3 is 1. The van der Waals surface area contributed by atoms with Crippen LogP contribution in [0.25, 0.3) is 0 Å². The molecule has 0 aromatic rings. The molecule has 1 fully saturated rings. The first-order valence-electron chi connectivity index (χ1n) is 6.06. The molecule has 0 aromatic heterocycles. The second-order valence-corrected chi connectivity index (χ2v) is 4.75. The summed E-state index contributed by atoms with van der Waals surface area (Å²) < 4.78 is 10.3. The Bertz CT molecular complexity index is 212. The van der Waals surface area contributed by atoms with Gasteiger partial charge in [0.15, 0.2) is 0 Å². The summed E-state index contributed by atoms with van der Waals surface area (Å²) in [6, 6.07) is -0.200. The minimum absolute atomic E-state index is 0.174. The zero-order valence-electron chi connectivity index (χ0n) is 10.5. The molecule has 1 aliphatic heterocycles. The van der Waals surface area contributed by atoms with Crippen LogP contribution in [0.3, 0.4) is 0 Å². The summed E-state index contributed by atoms with van der Waals surface area (Å²) in [5.41, 5.74) is 0. The van der Waals surface area contributed by atoms with Crippen LogP contribution in [0, 0.1) is 5.92 Å². The molecule has 0 bridgehead atoms. The molecule has 1 aliphatic rings. The highest BCUT2D eigenvalue weighted by molar-refractivity contribution is 5.75. The molecule has 4 nitrogen and oxygen atoms in total. The van der Waals surface area contributed by atoms with Crippen molar-refractivity contribution >= 4 is 5.97 Å². The molecule has 0 spiro atoms. The number of esters is 1. The van der Waals surface area contributed by atoms with E-state index in [2.05, 4.69) is 19.2 Å². The maximum absolute atomic E-state index is 11.5. The quantitative estimate of drug-likeness (QED) is 0.698. The fourth-order valence-corrected chi connectivity index (χ4v) is 1.96. The lowest BCUT2D eigenvalue weighted by Crippen LogP contribution is -2.42. The smallest absolute Gasteiger partial charge is 0.322 e. The minimum atomic E-state index is -0.200. The van der Waals surface area contributed by atoms with Gasteiger partial charge in [0.1, 0.15) is 6.04 Å². The fraction of sp³-hybridized carbons (Fsp3) is 0.917. The van der Waals surface area contributed by atoms with Crippen molar-refractivity contribution < 1.29 is 14.3 Å². The van der Waals surface area contributed by atoms with Crippen molar-refractivity contribution in [3.63, 3.8) is 0 Å². The Morgan fingerprint density at radius 3 is 2.81 bits per heavy atom. The van der Waals surface area contributed by atoms with Gasteiger partial charge in [0.25, 0.3) is 0 Å². The zero-order valence-corrected chi connectivity index (χ0v) is 10.5. The van der Waals surface area contributed by atoms with Crippen molar-refractivity contribution in [1.82, 2.24) is 5.32 Å². The molecular formula is C12H23NO3. The van der Waals surface area contributed by atoms with Gasteiger partial charge in [-0.3, -0.25) is 4.79 Å². The molecule has 0 amide bonds. The van der Waals surface area contributed by atoms with E-state index in [-0.39, 0.29) is 18.1 Å². The second kappa shape index (κ2) is 6.86. The monoisotopic (exact) mass is 229 g/mol. The molecule has 2 atom stereocenters. The van der Waals surface area contributed by atoms with Gasteiger partial charge in [0, 0.05) is 13.2 Å². The second-order valence-electron chi connectivity index (χ2n) is 4.75. The number of carbonyl (C=O) groups is 1. The molecule has 1 heterocycles. The van der Waals surface area contributed by atoms with Crippen LogP contribution >= 0.6 is 0 Å². The lowest BCUT2D eigenvalue weighted by atomic mass is 10.0.